The maximum Gasteiger partial charge on any atom is 0.314 e. The molecular weight excluding hydrogens is 268 g/mol. The summed E-state index contributed by atoms with van der Waals surface area (Å²) in [5, 5.41) is 17.1. The summed E-state index contributed by atoms with van der Waals surface area (Å²) in [7, 11) is 0. The number of aliphatic hydroxyl groups excluding tert-OH is 1. The summed E-state index contributed by atoms with van der Waals surface area (Å²) in [6.07, 6.45) is -0.758. The zero-order chi connectivity index (χ0) is 15.1. The SMILES string of the molecule is CCNC(=O)NCC(O)COc1cccc2ccccc12. The Hall–Kier alpha value is -2.27. The standard InChI is InChI=1S/C16H20N2O3/c1-2-17-16(20)18-10-13(19)11-21-15-9-5-7-12-6-3-4-8-14(12)15/h3-9,13,19H,2,10-11H2,1H3,(H2,17,18,20). The molecule has 112 valence electrons. The summed E-state index contributed by atoms with van der Waals surface area (Å²) in [5.41, 5.74) is 0. The van der Waals surface area contributed by atoms with Crippen molar-refractivity contribution >= 4 is 16.8 Å². The average Bonchev–Trinajstić information content (AvgIpc) is 2.51. The third-order valence-corrected chi connectivity index (χ3v) is 3.02. The zero-order valence-electron chi connectivity index (χ0n) is 12.0. The van der Waals surface area contributed by atoms with E-state index in [-0.39, 0.29) is 19.2 Å². The summed E-state index contributed by atoms with van der Waals surface area (Å²) in [5.74, 6) is 0.727. The monoisotopic (exact) mass is 288 g/mol. The number of nitrogens with one attached hydrogen (secondary N) is 2. The van der Waals surface area contributed by atoms with Gasteiger partial charge in [0.1, 0.15) is 18.5 Å². The molecule has 0 aliphatic carbocycles. The van der Waals surface area contributed by atoms with E-state index in [1.54, 1.807) is 0 Å². The maximum atomic E-state index is 11.2. The number of aliphatic hydroxyl groups is 1. The Labute approximate surface area is 123 Å². The van der Waals surface area contributed by atoms with E-state index in [0.717, 1.165) is 16.5 Å². The average molecular weight is 288 g/mol. The highest BCUT2D eigenvalue weighted by Gasteiger charge is 2.08. The van der Waals surface area contributed by atoms with E-state index < -0.39 is 6.10 Å². The lowest BCUT2D eigenvalue weighted by Crippen LogP contribution is -2.41. The molecule has 0 aliphatic heterocycles. The number of hydrogen-bond acceptors (Lipinski definition) is 3. The Morgan fingerprint density at radius 3 is 2.76 bits per heavy atom. The van der Waals surface area contributed by atoms with Crippen LogP contribution < -0.4 is 15.4 Å². The van der Waals surface area contributed by atoms with Gasteiger partial charge in [-0.2, -0.15) is 0 Å². The first-order valence-corrected chi connectivity index (χ1v) is 7.01. The number of ether oxygens (including phenoxy) is 1. The number of carbonyl (C=O) groups excluding carboxylic acids is 1. The molecule has 0 radical (unpaired) electrons. The van der Waals surface area contributed by atoms with Gasteiger partial charge in [0.15, 0.2) is 0 Å². The Kier molecular flexibility index (Phi) is 5.40. The predicted octanol–water partition coefficient (Wildman–Crippen LogP) is 1.90. The largest absolute Gasteiger partial charge is 0.490 e. The molecular formula is C16H20N2O3. The van der Waals surface area contributed by atoms with Crippen molar-refractivity contribution in [1.82, 2.24) is 10.6 Å². The van der Waals surface area contributed by atoms with E-state index in [9.17, 15) is 9.90 Å². The van der Waals surface area contributed by atoms with E-state index in [0.29, 0.717) is 6.54 Å². The molecule has 3 N–H and O–H groups in total. The number of carbonyl (C=O) groups is 1. The summed E-state index contributed by atoms with van der Waals surface area (Å²) in [6.45, 7) is 2.66. The van der Waals surface area contributed by atoms with Crippen LogP contribution in [0.5, 0.6) is 5.75 Å². The normalized spacial score (nSPS) is 11.9. The number of benzene rings is 2. The quantitative estimate of drug-likeness (QED) is 0.760. The van der Waals surface area contributed by atoms with E-state index in [1.807, 2.05) is 49.4 Å². The second kappa shape index (κ2) is 7.50. The van der Waals surface area contributed by atoms with Gasteiger partial charge in [0.05, 0.1) is 0 Å². The molecule has 1 atom stereocenters. The molecule has 2 rings (SSSR count). The van der Waals surface area contributed by atoms with Gasteiger partial charge < -0.3 is 20.5 Å². The molecule has 1 unspecified atom stereocenters. The van der Waals surface area contributed by atoms with Crippen LogP contribution in [0.4, 0.5) is 4.79 Å². The number of amides is 2. The molecule has 0 bridgehead atoms. The Morgan fingerprint density at radius 1 is 1.19 bits per heavy atom. The van der Waals surface area contributed by atoms with Crippen molar-refractivity contribution in [1.29, 1.82) is 0 Å². The highest BCUT2D eigenvalue weighted by Crippen LogP contribution is 2.25. The van der Waals surface area contributed by atoms with Crippen molar-refractivity contribution < 1.29 is 14.6 Å². The number of hydrogen-bond donors (Lipinski definition) is 3. The van der Waals surface area contributed by atoms with Gasteiger partial charge in [-0.05, 0) is 18.4 Å². The van der Waals surface area contributed by atoms with Gasteiger partial charge in [-0.15, -0.1) is 0 Å². The van der Waals surface area contributed by atoms with Crippen LogP contribution >= 0.6 is 0 Å². The van der Waals surface area contributed by atoms with E-state index in [4.69, 9.17) is 4.74 Å². The molecule has 0 aromatic heterocycles. The summed E-state index contributed by atoms with van der Waals surface area (Å²) in [4.78, 5) is 11.2. The van der Waals surface area contributed by atoms with Crippen molar-refractivity contribution in [2.24, 2.45) is 0 Å². The van der Waals surface area contributed by atoms with E-state index >= 15 is 0 Å². The van der Waals surface area contributed by atoms with Crippen molar-refractivity contribution in [2.75, 3.05) is 19.7 Å². The predicted molar refractivity (Wildman–Crippen MR) is 82.5 cm³/mol. The van der Waals surface area contributed by atoms with Crippen LogP contribution in [0, 0.1) is 0 Å². The van der Waals surface area contributed by atoms with Crippen LogP contribution in [0.2, 0.25) is 0 Å². The first kappa shape index (κ1) is 15.1. The van der Waals surface area contributed by atoms with Crippen molar-refractivity contribution in [3.05, 3.63) is 42.5 Å². The van der Waals surface area contributed by atoms with Crippen LogP contribution in [0.25, 0.3) is 10.8 Å². The second-order valence-electron chi connectivity index (χ2n) is 4.68. The number of urea groups is 1. The van der Waals surface area contributed by atoms with Crippen LogP contribution in [-0.4, -0.2) is 36.9 Å². The third kappa shape index (κ3) is 4.36. The first-order valence-electron chi connectivity index (χ1n) is 7.01. The summed E-state index contributed by atoms with van der Waals surface area (Å²) in [6, 6.07) is 13.4. The molecule has 0 saturated heterocycles. The van der Waals surface area contributed by atoms with Crippen molar-refractivity contribution in [2.45, 2.75) is 13.0 Å². The maximum absolute atomic E-state index is 11.2. The van der Waals surface area contributed by atoms with Gasteiger partial charge in [0, 0.05) is 18.5 Å². The van der Waals surface area contributed by atoms with Gasteiger partial charge in [0.2, 0.25) is 0 Å². The first-order chi connectivity index (χ1) is 10.2. The number of fused-ring (bicyclic) bond motifs is 1. The molecule has 0 spiro atoms. The number of rotatable bonds is 6. The highest BCUT2D eigenvalue weighted by atomic mass is 16.5. The minimum atomic E-state index is -0.758. The summed E-state index contributed by atoms with van der Waals surface area (Å²) >= 11 is 0. The van der Waals surface area contributed by atoms with Crippen LogP contribution in [0.15, 0.2) is 42.5 Å². The van der Waals surface area contributed by atoms with Crippen molar-refractivity contribution in [3.8, 4) is 5.75 Å². The third-order valence-electron chi connectivity index (χ3n) is 3.02. The van der Waals surface area contributed by atoms with E-state index in [1.165, 1.54) is 0 Å². The zero-order valence-corrected chi connectivity index (χ0v) is 12.0. The fourth-order valence-electron chi connectivity index (χ4n) is 2.00. The molecule has 2 aromatic carbocycles. The van der Waals surface area contributed by atoms with Crippen molar-refractivity contribution in [3.63, 3.8) is 0 Å². The topological polar surface area (TPSA) is 70.6 Å². The van der Waals surface area contributed by atoms with Gasteiger partial charge in [-0.3, -0.25) is 0 Å². The Balaban J connectivity index is 1.88. The van der Waals surface area contributed by atoms with Crippen LogP contribution in [0.1, 0.15) is 6.92 Å². The fraction of sp³-hybridized carbons (Fsp3) is 0.312. The highest BCUT2D eigenvalue weighted by molar-refractivity contribution is 5.88. The van der Waals surface area contributed by atoms with Gasteiger partial charge in [-0.1, -0.05) is 36.4 Å². The smallest absolute Gasteiger partial charge is 0.314 e. The Bertz CT molecular complexity index is 596. The molecule has 21 heavy (non-hydrogen) atoms. The van der Waals surface area contributed by atoms with E-state index in [2.05, 4.69) is 10.6 Å². The Morgan fingerprint density at radius 2 is 1.95 bits per heavy atom. The van der Waals surface area contributed by atoms with Crippen LogP contribution in [-0.2, 0) is 0 Å². The molecule has 2 aromatic rings. The minimum Gasteiger partial charge on any atom is -0.490 e. The fourth-order valence-corrected chi connectivity index (χ4v) is 2.00. The molecule has 0 saturated carbocycles. The van der Waals surface area contributed by atoms with Gasteiger partial charge in [-0.25, -0.2) is 4.79 Å². The van der Waals surface area contributed by atoms with Gasteiger partial charge >= 0.3 is 6.03 Å². The molecule has 5 nitrogen and oxygen atoms in total. The lowest BCUT2D eigenvalue weighted by molar-refractivity contribution is 0.108. The minimum absolute atomic E-state index is 0.125. The molecule has 0 heterocycles. The molecule has 5 heteroatoms. The van der Waals surface area contributed by atoms with Crippen LogP contribution in [0.3, 0.4) is 0 Å². The molecule has 0 aliphatic rings. The molecule has 2 amide bonds. The van der Waals surface area contributed by atoms with Gasteiger partial charge in [0.25, 0.3) is 0 Å². The lowest BCUT2D eigenvalue weighted by atomic mass is 10.1. The lowest BCUT2D eigenvalue weighted by Gasteiger charge is -2.14. The summed E-state index contributed by atoms with van der Waals surface area (Å²) < 4.78 is 5.65. The second-order valence-corrected chi connectivity index (χ2v) is 4.68. The molecule has 0 fully saturated rings.